The molecule has 2 rings (SSSR count). The highest BCUT2D eigenvalue weighted by Crippen LogP contribution is 2.31. The molecule has 4 nitrogen and oxygen atoms in total. The van der Waals surface area contributed by atoms with Gasteiger partial charge in [-0.1, -0.05) is 19.3 Å². The van der Waals surface area contributed by atoms with Crippen molar-refractivity contribution >= 4 is 5.91 Å². The Bertz CT molecular complexity index is 251. The second-order valence-corrected chi connectivity index (χ2v) is 5.14. The molecule has 0 spiro atoms. The minimum Gasteiger partial charge on any atom is -0.395 e. The van der Waals surface area contributed by atoms with Gasteiger partial charge in [-0.2, -0.15) is 0 Å². The molecule has 0 bridgehead atoms. The van der Waals surface area contributed by atoms with Crippen LogP contribution < -0.4 is 0 Å². The van der Waals surface area contributed by atoms with Crippen LogP contribution in [0.25, 0.3) is 0 Å². The van der Waals surface area contributed by atoms with Gasteiger partial charge < -0.3 is 14.7 Å². The van der Waals surface area contributed by atoms with Crippen LogP contribution in [0.2, 0.25) is 0 Å². The smallest absolute Gasteiger partial charge is 0.235 e. The van der Waals surface area contributed by atoms with E-state index in [4.69, 9.17) is 4.74 Å². The molecule has 0 unspecified atom stereocenters. The van der Waals surface area contributed by atoms with Crippen LogP contribution in [0.1, 0.15) is 32.1 Å². The van der Waals surface area contributed by atoms with E-state index in [1.807, 2.05) is 11.9 Å². The van der Waals surface area contributed by atoms with Crippen molar-refractivity contribution in [2.24, 2.45) is 5.41 Å². The summed E-state index contributed by atoms with van der Waals surface area (Å²) in [5.41, 5.74) is -0.633. The number of nitrogens with zero attached hydrogens (tertiary/aromatic N) is 1. The zero-order valence-electron chi connectivity index (χ0n) is 9.95. The summed E-state index contributed by atoms with van der Waals surface area (Å²) >= 11 is 0. The Morgan fingerprint density at radius 2 is 2.00 bits per heavy atom. The van der Waals surface area contributed by atoms with Crippen LogP contribution in [0, 0.1) is 5.41 Å². The SMILES string of the molecule is CN(C(=O)C1(CO)COC1)C1CCCCC1. The van der Waals surface area contributed by atoms with E-state index in [0.717, 1.165) is 12.8 Å². The first-order valence-electron chi connectivity index (χ1n) is 6.15. The van der Waals surface area contributed by atoms with Gasteiger partial charge in [-0.05, 0) is 12.8 Å². The minimum absolute atomic E-state index is 0.0631. The van der Waals surface area contributed by atoms with Gasteiger partial charge in [0.05, 0.1) is 19.8 Å². The second-order valence-electron chi connectivity index (χ2n) is 5.14. The van der Waals surface area contributed by atoms with Gasteiger partial charge in [0, 0.05) is 13.1 Å². The van der Waals surface area contributed by atoms with Crippen molar-refractivity contribution in [1.29, 1.82) is 0 Å². The van der Waals surface area contributed by atoms with E-state index in [0.29, 0.717) is 19.3 Å². The fraction of sp³-hybridized carbons (Fsp3) is 0.917. The maximum Gasteiger partial charge on any atom is 0.235 e. The molecule has 0 radical (unpaired) electrons. The van der Waals surface area contributed by atoms with Crippen LogP contribution in [0.4, 0.5) is 0 Å². The molecule has 0 aromatic rings. The molecule has 1 saturated heterocycles. The maximum absolute atomic E-state index is 12.3. The van der Waals surface area contributed by atoms with Crippen molar-refractivity contribution < 1.29 is 14.6 Å². The lowest BCUT2D eigenvalue weighted by atomic mass is 9.84. The normalized spacial score (nSPS) is 24.9. The molecular weight excluding hydrogens is 206 g/mol. The molecule has 1 aliphatic carbocycles. The lowest BCUT2D eigenvalue weighted by molar-refractivity contribution is -0.181. The van der Waals surface area contributed by atoms with Crippen LogP contribution in [-0.2, 0) is 9.53 Å². The van der Waals surface area contributed by atoms with E-state index in [9.17, 15) is 9.90 Å². The molecule has 1 amide bonds. The third-order valence-electron chi connectivity index (χ3n) is 3.96. The zero-order chi connectivity index (χ0) is 11.6. The third-order valence-corrected chi connectivity index (χ3v) is 3.96. The Balaban J connectivity index is 1.97. The van der Waals surface area contributed by atoms with Gasteiger partial charge in [0.25, 0.3) is 0 Å². The summed E-state index contributed by atoms with van der Waals surface area (Å²) in [7, 11) is 1.87. The molecular formula is C12H21NO3. The lowest BCUT2D eigenvalue weighted by Gasteiger charge is -2.43. The van der Waals surface area contributed by atoms with Gasteiger partial charge in [0.1, 0.15) is 5.41 Å². The maximum atomic E-state index is 12.3. The minimum atomic E-state index is -0.633. The van der Waals surface area contributed by atoms with Crippen molar-refractivity contribution in [3.05, 3.63) is 0 Å². The number of hydrogen-bond donors (Lipinski definition) is 1. The summed E-state index contributed by atoms with van der Waals surface area (Å²) in [5, 5.41) is 9.33. The lowest BCUT2D eigenvalue weighted by Crippen LogP contribution is -2.58. The molecule has 2 aliphatic rings. The standard InChI is InChI=1S/C12H21NO3/c1-13(10-5-3-2-4-6-10)11(15)12(7-14)8-16-9-12/h10,14H,2-9H2,1H3. The largest absolute Gasteiger partial charge is 0.395 e. The Kier molecular flexibility index (Phi) is 3.50. The fourth-order valence-electron chi connectivity index (χ4n) is 2.64. The van der Waals surface area contributed by atoms with E-state index in [1.165, 1.54) is 19.3 Å². The summed E-state index contributed by atoms with van der Waals surface area (Å²) in [6.07, 6.45) is 5.91. The number of ether oxygens (including phenoxy) is 1. The van der Waals surface area contributed by atoms with Crippen LogP contribution in [0.3, 0.4) is 0 Å². The van der Waals surface area contributed by atoms with Crippen LogP contribution in [0.15, 0.2) is 0 Å². The molecule has 92 valence electrons. The van der Waals surface area contributed by atoms with Gasteiger partial charge >= 0.3 is 0 Å². The van der Waals surface area contributed by atoms with E-state index >= 15 is 0 Å². The highest BCUT2D eigenvalue weighted by Gasteiger charge is 2.47. The average molecular weight is 227 g/mol. The monoisotopic (exact) mass is 227 g/mol. The van der Waals surface area contributed by atoms with E-state index in [1.54, 1.807) is 0 Å². The van der Waals surface area contributed by atoms with Gasteiger partial charge in [0.15, 0.2) is 0 Å². The molecule has 1 heterocycles. The molecule has 1 aliphatic heterocycles. The first kappa shape index (κ1) is 11.9. The first-order valence-corrected chi connectivity index (χ1v) is 6.15. The van der Waals surface area contributed by atoms with E-state index < -0.39 is 5.41 Å². The summed E-state index contributed by atoms with van der Waals surface area (Å²) in [6.45, 7) is 0.654. The number of hydrogen-bond acceptors (Lipinski definition) is 3. The Labute approximate surface area is 96.6 Å². The van der Waals surface area contributed by atoms with Crippen molar-refractivity contribution in [3.8, 4) is 0 Å². The molecule has 0 aromatic carbocycles. The molecule has 0 aromatic heterocycles. The zero-order valence-corrected chi connectivity index (χ0v) is 9.95. The molecule has 1 N–H and O–H groups in total. The quantitative estimate of drug-likeness (QED) is 0.775. The average Bonchev–Trinajstić information content (AvgIpc) is 2.28. The van der Waals surface area contributed by atoms with Gasteiger partial charge in [-0.25, -0.2) is 0 Å². The van der Waals surface area contributed by atoms with Crippen molar-refractivity contribution in [2.75, 3.05) is 26.9 Å². The summed E-state index contributed by atoms with van der Waals surface area (Å²) < 4.78 is 5.08. The molecule has 0 atom stereocenters. The van der Waals surface area contributed by atoms with E-state index in [2.05, 4.69) is 0 Å². The number of carbonyl (C=O) groups excluding carboxylic acids is 1. The summed E-state index contributed by atoms with van der Waals surface area (Å²) in [6, 6.07) is 0.366. The third kappa shape index (κ3) is 1.96. The Morgan fingerprint density at radius 3 is 2.44 bits per heavy atom. The topological polar surface area (TPSA) is 49.8 Å². The van der Waals surface area contributed by atoms with Gasteiger partial charge in [-0.15, -0.1) is 0 Å². The van der Waals surface area contributed by atoms with Crippen molar-refractivity contribution in [3.63, 3.8) is 0 Å². The van der Waals surface area contributed by atoms with Crippen molar-refractivity contribution in [2.45, 2.75) is 38.1 Å². The Morgan fingerprint density at radius 1 is 1.38 bits per heavy atom. The molecule has 16 heavy (non-hydrogen) atoms. The molecule has 2 fully saturated rings. The van der Waals surface area contributed by atoms with Crippen LogP contribution >= 0.6 is 0 Å². The summed E-state index contributed by atoms with van der Waals surface area (Å²) in [4.78, 5) is 14.1. The number of carbonyl (C=O) groups is 1. The van der Waals surface area contributed by atoms with Crippen molar-refractivity contribution in [1.82, 2.24) is 4.90 Å². The highest BCUT2D eigenvalue weighted by atomic mass is 16.5. The predicted molar refractivity (Wildman–Crippen MR) is 60.0 cm³/mol. The highest BCUT2D eigenvalue weighted by molar-refractivity contribution is 5.84. The van der Waals surface area contributed by atoms with Gasteiger partial charge in [0.2, 0.25) is 5.91 Å². The van der Waals surface area contributed by atoms with Crippen LogP contribution in [0.5, 0.6) is 0 Å². The first-order chi connectivity index (χ1) is 7.69. The van der Waals surface area contributed by atoms with Crippen LogP contribution in [-0.4, -0.2) is 48.8 Å². The van der Waals surface area contributed by atoms with Gasteiger partial charge in [-0.3, -0.25) is 4.79 Å². The Hall–Kier alpha value is -0.610. The number of aliphatic hydroxyl groups is 1. The van der Waals surface area contributed by atoms with E-state index in [-0.39, 0.29) is 12.5 Å². The number of amides is 1. The number of aliphatic hydroxyl groups excluding tert-OH is 1. The number of rotatable bonds is 3. The fourth-order valence-corrected chi connectivity index (χ4v) is 2.64. The predicted octanol–water partition coefficient (Wildman–Crippen LogP) is 0.786. The summed E-state index contributed by atoms with van der Waals surface area (Å²) in [5.74, 6) is 0.0631. The molecule has 1 saturated carbocycles. The second kappa shape index (κ2) is 4.72. The molecule has 4 heteroatoms.